The summed E-state index contributed by atoms with van der Waals surface area (Å²) in [4.78, 5) is 12.9. The Balaban J connectivity index is 0.00000280. The molecule has 1 fully saturated rings. The monoisotopic (exact) mass is 497 g/mol. The van der Waals surface area contributed by atoms with E-state index in [1.807, 2.05) is 7.05 Å². The van der Waals surface area contributed by atoms with E-state index in [1.54, 1.807) is 0 Å². The number of aryl methyl sites for hydroxylation is 1. The molecule has 2 aromatic rings. The fourth-order valence-electron chi connectivity index (χ4n) is 4.23. The summed E-state index contributed by atoms with van der Waals surface area (Å²) in [6, 6.07) is 6.51. The maximum Gasteiger partial charge on any atom is 0.193 e. The first kappa shape index (κ1) is 23.0. The first-order chi connectivity index (χ1) is 13.2. The zero-order valence-corrected chi connectivity index (χ0v) is 20.1. The topological polar surface area (TPSA) is 46.7 Å². The lowest BCUT2D eigenvalue weighted by Gasteiger charge is -2.24. The molecule has 156 valence electrons. The van der Waals surface area contributed by atoms with E-state index >= 15 is 0 Å². The number of nitrogens with zero attached hydrogens (tertiary/aromatic N) is 3. The zero-order chi connectivity index (χ0) is 19.2. The average molecular weight is 497 g/mol. The zero-order valence-electron chi connectivity index (χ0n) is 17.8. The molecule has 0 saturated carbocycles. The Hall–Kier alpha value is -1.28. The predicted octanol–water partition coefficient (Wildman–Crippen LogP) is 3.88. The van der Waals surface area contributed by atoms with E-state index in [-0.39, 0.29) is 24.0 Å². The standard InChI is InChI=1S/C22H35N5.HI/c1-5-26(6-2)15-18-11-13-27(16-18)22(23-4)24-12-10-19-14-25-21-17(3)8-7-9-20(19)21;/h7-9,14,18,25H,5-6,10-13,15-16H2,1-4H3,(H,23,24);1H. The van der Waals surface area contributed by atoms with Crippen LogP contribution >= 0.6 is 24.0 Å². The minimum absolute atomic E-state index is 0. The molecule has 1 unspecified atom stereocenters. The molecule has 0 aliphatic carbocycles. The second-order valence-electron chi connectivity index (χ2n) is 7.62. The Bertz CT molecular complexity index is 765. The van der Waals surface area contributed by atoms with E-state index in [0.29, 0.717) is 0 Å². The number of benzene rings is 1. The van der Waals surface area contributed by atoms with Crippen LogP contribution in [0.2, 0.25) is 0 Å². The van der Waals surface area contributed by atoms with Gasteiger partial charge in [0, 0.05) is 50.3 Å². The number of H-pyrrole nitrogens is 1. The third-order valence-electron chi connectivity index (χ3n) is 5.89. The van der Waals surface area contributed by atoms with Crippen molar-refractivity contribution in [1.82, 2.24) is 20.1 Å². The third kappa shape index (κ3) is 5.41. The smallest absolute Gasteiger partial charge is 0.193 e. The van der Waals surface area contributed by atoms with Crippen LogP contribution in [-0.2, 0) is 6.42 Å². The summed E-state index contributed by atoms with van der Waals surface area (Å²) < 4.78 is 0. The minimum Gasteiger partial charge on any atom is -0.361 e. The van der Waals surface area contributed by atoms with Crippen LogP contribution in [0.3, 0.4) is 0 Å². The summed E-state index contributed by atoms with van der Waals surface area (Å²) in [7, 11) is 1.90. The van der Waals surface area contributed by atoms with Gasteiger partial charge in [-0.25, -0.2) is 0 Å². The average Bonchev–Trinajstić information content (AvgIpc) is 3.31. The van der Waals surface area contributed by atoms with Crippen molar-refractivity contribution in [3.63, 3.8) is 0 Å². The highest BCUT2D eigenvalue weighted by Gasteiger charge is 2.25. The van der Waals surface area contributed by atoms with E-state index in [4.69, 9.17) is 0 Å². The number of aromatic nitrogens is 1. The summed E-state index contributed by atoms with van der Waals surface area (Å²) in [5.74, 6) is 1.80. The minimum atomic E-state index is 0. The summed E-state index contributed by atoms with van der Waals surface area (Å²) in [5, 5.41) is 4.92. The summed E-state index contributed by atoms with van der Waals surface area (Å²) in [5.41, 5.74) is 3.94. The lowest BCUT2D eigenvalue weighted by molar-refractivity contribution is 0.255. The van der Waals surface area contributed by atoms with Gasteiger partial charge in [-0.2, -0.15) is 0 Å². The Labute approximate surface area is 187 Å². The Morgan fingerprint density at radius 1 is 1.32 bits per heavy atom. The van der Waals surface area contributed by atoms with Crippen molar-refractivity contribution in [2.45, 2.75) is 33.6 Å². The molecular weight excluding hydrogens is 461 g/mol. The Kier molecular flexibility index (Phi) is 9.08. The Morgan fingerprint density at radius 2 is 2.11 bits per heavy atom. The van der Waals surface area contributed by atoms with E-state index in [0.717, 1.165) is 51.0 Å². The number of fused-ring (bicyclic) bond motifs is 1. The molecule has 1 atom stereocenters. The number of guanidine groups is 1. The summed E-state index contributed by atoms with van der Waals surface area (Å²) in [6.07, 6.45) is 4.41. The van der Waals surface area contributed by atoms with E-state index in [9.17, 15) is 0 Å². The highest BCUT2D eigenvalue weighted by Crippen LogP contribution is 2.21. The lowest BCUT2D eigenvalue weighted by Crippen LogP contribution is -2.41. The van der Waals surface area contributed by atoms with Gasteiger partial charge in [0.25, 0.3) is 0 Å². The molecule has 0 bridgehead atoms. The molecule has 2 N–H and O–H groups in total. The molecule has 6 heteroatoms. The molecule has 2 heterocycles. The molecule has 28 heavy (non-hydrogen) atoms. The number of nitrogens with one attached hydrogen (secondary N) is 2. The molecule has 3 rings (SSSR count). The van der Waals surface area contributed by atoms with Gasteiger partial charge in [-0.05, 0) is 49.9 Å². The SMILES string of the molecule is CCN(CC)CC1CCN(C(=NC)NCCc2c[nH]c3c(C)cccc23)C1.I. The molecule has 0 spiro atoms. The number of hydrogen-bond donors (Lipinski definition) is 2. The van der Waals surface area contributed by atoms with Gasteiger partial charge >= 0.3 is 0 Å². The molecule has 1 aliphatic rings. The number of rotatable bonds is 7. The first-order valence-corrected chi connectivity index (χ1v) is 10.4. The van der Waals surface area contributed by atoms with E-state index < -0.39 is 0 Å². The molecule has 0 amide bonds. The highest BCUT2D eigenvalue weighted by molar-refractivity contribution is 14.0. The second-order valence-corrected chi connectivity index (χ2v) is 7.62. The molecule has 1 aliphatic heterocycles. The van der Waals surface area contributed by atoms with Crippen molar-refractivity contribution in [2.24, 2.45) is 10.9 Å². The number of aromatic amines is 1. The highest BCUT2D eigenvalue weighted by atomic mass is 127. The number of likely N-dealkylation sites (tertiary alicyclic amines) is 1. The Morgan fingerprint density at radius 3 is 2.82 bits per heavy atom. The molecule has 0 radical (unpaired) electrons. The van der Waals surface area contributed by atoms with Crippen LogP contribution in [0.4, 0.5) is 0 Å². The van der Waals surface area contributed by atoms with Gasteiger partial charge in [0.15, 0.2) is 5.96 Å². The van der Waals surface area contributed by atoms with Gasteiger partial charge in [0.1, 0.15) is 0 Å². The van der Waals surface area contributed by atoms with Crippen molar-refractivity contribution in [3.05, 3.63) is 35.5 Å². The first-order valence-electron chi connectivity index (χ1n) is 10.4. The van der Waals surface area contributed by atoms with Gasteiger partial charge < -0.3 is 20.1 Å². The van der Waals surface area contributed by atoms with Crippen LogP contribution in [0.15, 0.2) is 29.4 Å². The molecule has 1 aromatic carbocycles. The quantitative estimate of drug-likeness (QED) is 0.347. The van der Waals surface area contributed by atoms with Crippen LogP contribution in [-0.4, -0.2) is 67.1 Å². The summed E-state index contributed by atoms with van der Waals surface area (Å²) >= 11 is 0. The van der Waals surface area contributed by atoms with Gasteiger partial charge in [0.2, 0.25) is 0 Å². The number of hydrogen-bond acceptors (Lipinski definition) is 2. The molecular formula is C22H36IN5. The van der Waals surface area contributed by atoms with Crippen LogP contribution in [0.25, 0.3) is 10.9 Å². The van der Waals surface area contributed by atoms with Crippen LogP contribution in [0, 0.1) is 12.8 Å². The molecule has 1 aromatic heterocycles. The maximum atomic E-state index is 4.53. The number of halogens is 1. The fraction of sp³-hybridized carbons (Fsp3) is 0.591. The number of para-hydroxylation sites is 1. The third-order valence-corrected chi connectivity index (χ3v) is 5.89. The van der Waals surface area contributed by atoms with Gasteiger partial charge in [-0.15, -0.1) is 24.0 Å². The largest absolute Gasteiger partial charge is 0.361 e. The number of aliphatic imine (C=N–C) groups is 1. The molecule has 5 nitrogen and oxygen atoms in total. The van der Waals surface area contributed by atoms with Crippen LogP contribution in [0.1, 0.15) is 31.4 Å². The van der Waals surface area contributed by atoms with Gasteiger partial charge in [0.05, 0.1) is 0 Å². The van der Waals surface area contributed by atoms with Gasteiger partial charge in [-0.3, -0.25) is 4.99 Å². The maximum absolute atomic E-state index is 4.53. The normalized spacial score (nSPS) is 17.4. The second kappa shape index (κ2) is 11.0. The van der Waals surface area contributed by atoms with E-state index in [2.05, 4.69) is 70.3 Å². The van der Waals surface area contributed by atoms with Gasteiger partial charge in [-0.1, -0.05) is 32.0 Å². The molecule has 1 saturated heterocycles. The van der Waals surface area contributed by atoms with Crippen molar-refractivity contribution >= 4 is 40.8 Å². The lowest BCUT2D eigenvalue weighted by atomic mass is 10.1. The van der Waals surface area contributed by atoms with Crippen molar-refractivity contribution in [1.29, 1.82) is 0 Å². The fourth-order valence-corrected chi connectivity index (χ4v) is 4.23. The van der Waals surface area contributed by atoms with Crippen LogP contribution in [0.5, 0.6) is 0 Å². The van der Waals surface area contributed by atoms with E-state index in [1.165, 1.54) is 35.0 Å². The van der Waals surface area contributed by atoms with Crippen LogP contribution < -0.4 is 5.32 Å². The predicted molar refractivity (Wildman–Crippen MR) is 131 cm³/mol. The summed E-state index contributed by atoms with van der Waals surface area (Å²) in [6.45, 7) is 13.3. The van der Waals surface area contributed by atoms with Crippen molar-refractivity contribution in [2.75, 3.05) is 46.3 Å². The van der Waals surface area contributed by atoms with Crippen molar-refractivity contribution < 1.29 is 0 Å². The van der Waals surface area contributed by atoms with Crippen molar-refractivity contribution in [3.8, 4) is 0 Å².